The third kappa shape index (κ3) is 6.06. The van der Waals surface area contributed by atoms with E-state index in [2.05, 4.69) is 10.6 Å². The van der Waals surface area contributed by atoms with Crippen LogP contribution >= 0.6 is 23.4 Å². The van der Waals surface area contributed by atoms with Crippen LogP contribution in [0.3, 0.4) is 0 Å². The van der Waals surface area contributed by atoms with Crippen molar-refractivity contribution in [2.45, 2.75) is 44.6 Å². The lowest BCUT2D eigenvalue weighted by Crippen LogP contribution is -2.31. The van der Waals surface area contributed by atoms with Gasteiger partial charge in [-0.25, -0.2) is 4.68 Å². The maximum absolute atomic E-state index is 14.0. The van der Waals surface area contributed by atoms with Crippen LogP contribution in [0.1, 0.15) is 42.1 Å². The number of carbonyl (C=O) groups is 1. The predicted octanol–water partition coefficient (Wildman–Crippen LogP) is 7.18. The lowest BCUT2D eigenvalue weighted by molar-refractivity contribution is -0.113. The number of methoxy groups -OCH3 is 1. The summed E-state index contributed by atoms with van der Waals surface area (Å²) in [6, 6.07) is 18.8. The van der Waals surface area contributed by atoms with Gasteiger partial charge in [-0.2, -0.15) is 4.98 Å². The molecule has 0 saturated heterocycles. The molecule has 1 amide bonds. The first-order chi connectivity index (χ1) is 19.8. The van der Waals surface area contributed by atoms with E-state index in [4.69, 9.17) is 31.2 Å². The maximum Gasteiger partial charge on any atom is 0.255 e. The predicted molar refractivity (Wildman–Crippen MR) is 164 cm³/mol. The third-order valence-corrected chi connectivity index (χ3v) is 8.08. The number of hydrogen-bond donors (Lipinski definition) is 2. The summed E-state index contributed by atoms with van der Waals surface area (Å²) in [7, 11) is 1.60. The van der Waals surface area contributed by atoms with Crippen molar-refractivity contribution in [2.75, 3.05) is 24.4 Å². The maximum atomic E-state index is 14.0. The van der Waals surface area contributed by atoms with Crippen molar-refractivity contribution in [3.05, 3.63) is 99.2 Å². The Hall–Kier alpha value is -3.95. The zero-order valence-corrected chi connectivity index (χ0v) is 25.2. The van der Waals surface area contributed by atoms with Gasteiger partial charge in [0.05, 0.1) is 19.3 Å². The van der Waals surface area contributed by atoms with Crippen LogP contribution in [0, 0.1) is 13.8 Å². The van der Waals surface area contributed by atoms with Gasteiger partial charge < -0.3 is 20.1 Å². The van der Waals surface area contributed by atoms with E-state index in [1.165, 1.54) is 11.8 Å². The molecular formula is C31H32ClN5O3S. The third-order valence-electron chi connectivity index (χ3n) is 6.83. The molecule has 2 N–H and O–H groups in total. The highest BCUT2D eigenvalue weighted by Gasteiger charge is 2.35. The molecule has 0 saturated carbocycles. The molecule has 10 heteroatoms. The Morgan fingerprint density at radius 1 is 1.10 bits per heavy atom. The Bertz CT molecular complexity index is 1630. The quantitative estimate of drug-likeness (QED) is 0.200. The summed E-state index contributed by atoms with van der Waals surface area (Å²) in [5.41, 5.74) is 5.89. The number of rotatable bonds is 9. The van der Waals surface area contributed by atoms with Crippen molar-refractivity contribution in [1.82, 2.24) is 14.8 Å². The minimum absolute atomic E-state index is 0.229. The van der Waals surface area contributed by atoms with E-state index in [9.17, 15) is 4.79 Å². The summed E-state index contributed by atoms with van der Waals surface area (Å²) >= 11 is 7.86. The summed E-state index contributed by atoms with van der Waals surface area (Å²) in [5.74, 6) is 2.13. The van der Waals surface area contributed by atoms with Gasteiger partial charge in [0.2, 0.25) is 11.1 Å². The van der Waals surface area contributed by atoms with Gasteiger partial charge in [-0.05, 0) is 68.7 Å². The molecule has 8 nitrogen and oxygen atoms in total. The summed E-state index contributed by atoms with van der Waals surface area (Å²) in [6.07, 6.45) is 0. The van der Waals surface area contributed by atoms with Crippen LogP contribution in [0.2, 0.25) is 5.02 Å². The van der Waals surface area contributed by atoms with E-state index in [0.29, 0.717) is 51.3 Å². The van der Waals surface area contributed by atoms with E-state index in [1.807, 2.05) is 88.4 Å². The molecule has 2 heterocycles. The average Bonchev–Trinajstić information content (AvgIpc) is 3.35. The summed E-state index contributed by atoms with van der Waals surface area (Å²) in [6.45, 7) is 8.28. The monoisotopic (exact) mass is 589 g/mol. The van der Waals surface area contributed by atoms with E-state index in [0.717, 1.165) is 27.9 Å². The molecule has 1 aromatic heterocycles. The second-order valence-corrected chi connectivity index (χ2v) is 11.1. The molecule has 0 aliphatic carbocycles. The molecule has 41 heavy (non-hydrogen) atoms. The number of aryl methyl sites for hydroxylation is 2. The highest BCUT2D eigenvalue weighted by molar-refractivity contribution is 7.98. The number of allylic oxidation sites excluding steroid dienone is 1. The highest BCUT2D eigenvalue weighted by Crippen LogP contribution is 2.40. The molecule has 1 atom stereocenters. The van der Waals surface area contributed by atoms with Gasteiger partial charge in [-0.3, -0.25) is 4.79 Å². The molecule has 3 aromatic carbocycles. The fourth-order valence-electron chi connectivity index (χ4n) is 4.83. The van der Waals surface area contributed by atoms with Crippen LogP contribution in [0.15, 0.2) is 77.1 Å². The summed E-state index contributed by atoms with van der Waals surface area (Å²) in [5, 5.41) is 12.5. The molecule has 4 aromatic rings. The van der Waals surface area contributed by atoms with Crippen LogP contribution in [-0.2, 0) is 10.5 Å². The van der Waals surface area contributed by atoms with Crippen LogP contribution in [-0.4, -0.2) is 34.4 Å². The first-order valence-electron chi connectivity index (χ1n) is 13.3. The second kappa shape index (κ2) is 12.3. The van der Waals surface area contributed by atoms with Crippen molar-refractivity contribution in [2.24, 2.45) is 0 Å². The Labute approximate surface area is 249 Å². The van der Waals surface area contributed by atoms with E-state index in [-0.39, 0.29) is 5.91 Å². The summed E-state index contributed by atoms with van der Waals surface area (Å²) in [4.78, 5) is 18.7. The van der Waals surface area contributed by atoms with E-state index >= 15 is 0 Å². The Kier molecular flexibility index (Phi) is 8.56. The minimum Gasteiger partial charge on any atom is -0.493 e. The number of fused-ring (bicyclic) bond motifs is 1. The number of aromatic nitrogens is 3. The normalized spacial score (nSPS) is 14.3. The molecule has 212 valence electrons. The SMILES string of the molecule is CCOc1cc(C2C(C(=O)Nc3ccc(C)cc3C)=C(C)Nc3nc(SCc4ccccc4Cl)nn32)ccc1OC. The largest absolute Gasteiger partial charge is 0.493 e. The van der Waals surface area contributed by atoms with Crippen LogP contribution in [0.5, 0.6) is 11.5 Å². The van der Waals surface area contributed by atoms with Crippen molar-refractivity contribution in [1.29, 1.82) is 0 Å². The number of nitrogens with zero attached hydrogens (tertiary/aromatic N) is 3. The van der Waals surface area contributed by atoms with Gasteiger partial charge >= 0.3 is 0 Å². The number of nitrogens with one attached hydrogen (secondary N) is 2. The number of thioether (sulfide) groups is 1. The smallest absolute Gasteiger partial charge is 0.255 e. The van der Waals surface area contributed by atoms with Gasteiger partial charge in [-0.15, -0.1) is 5.10 Å². The van der Waals surface area contributed by atoms with Gasteiger partial charge in [0.15, 0.2) is 11.5 Å². The molecule has 1 aliphatic heterocycles. The number of amides is 1. The fraction of sp³-hybridized carbons (Fsp3) is 0.258. The lowest BCUT2D eigenvalue weighted by Gasteiger charge is -2.29. The van der Waals surface area contributed by atoms with Crippen molar-refractivity contribution in [3.8, 4) is 11.5 Å². The van der Waals surface area contributed by atoms with E-state index in [1.54, 1.807) is 11.8 Å². The standard InChI is InChI=1S/C31H32ClN5O3S/c1-6-40-26-16-21(12-14-25(26)39-5)28-27(29(38)34-24-13-11-18(2)15-19(24)3)20(4)33-30-35-31(36-37(28)30)41-17-22-9-7-8-10-23(22)32/h7-16,28H,6,17H2,1-5H3,(H,34,38)(H,33,35,36). The van der Waals surface area contributed by atoms with Gasteiger partial charge in [0.1, 0.15) is 6.04 Å². The molecule has 0 bridgehead atoms. The zero-order chi connectivity index (χ0) is 29.1. The highest BCUT2D eigenvalue weighted by atomic mass is 35.5. The van der Waals surface area contributed by atoms with Crippen molar-refractivity contribution >= 4 is 40.9 Å². The Morgan fingerprint density at radius 3 is 2.63 bits per heavy atom. The number of ether oxygens (including phenoxy) is 2. The molecule has 5 rings (SSSR count). The number of anilines is 2. The molecule has 1 unspecified atom stereocenters. The van der Waals surface area contributed by atoms with Crippen LogP contribution < -0.4 is 20.1 Å². The first-order valence-corrected chi connectivity index (χ1v) is 14.6. The fourth-order valence-corrected chi connectivity index (χ4v) is 5.94. The lowest BCUT2D eigenvalue weighted by atomic mass is 9.94. The van der Waals surface area contributed by atoms with Crippen molar-refractivity contribution in [3.63, 3.8) is 0 Å². The molecule has 1 aliphatic rings. The van der Waals surface area contributed by atoms with Gasteiger partial charge in [0.25, 0.3) is 5.91 Å². The average molecular weight is 590 g/mol. The molecule has 0 radical (unpaired) electrons. The molecular weight excluding hydrogens is 558 g/mol. The van der Waals surface area contributed by atoms with Gasteiger partial charge in [-0.1, -0.05) is 65.3 Å². The van der Waals surface area contributed by atoms with Crippen molar-refractivity contribution < 1.29 is 14.3 Å². The second-order valence-electron chi connectivity index (χ2n) is 9.72. The van der Waals surface area contributed by atoms with E-state index < -0.39 is 6.04 Å². The topological polar surface area (TPSA) is 90.3 Å². The first kappa shape index (κ1) is 28.6. The number of hydrogen-bond acceptors (Lipinski definition) is 7. The number of carbonyl (C=O) groups excluding carboxylic acids is 1. The Balaban J connectivity index is 1.55. The van der Waals surface area contributed by atoms with Crippen LogP contribution in [0.4, 0.5) is 11.6 Å². The summed E-state index contributed by atoms with van der Waals surface area (Å²) < 4.78 is 13.2. The number of benzene rings is 3. The zero-order valence-electron chi connectivity index (χ0n) is 23.6. The molecule has 0 spiro atoms. The van der Waals surface area contributed by atoms with Crippen LogP contribution in [0.25, 0.3) is 0 Å². The van der Waals surface area contributed by atoms with Gasteiger partial charge in [0, 0.05) is 22.2 Å². The Morgan fingerprint density at radius 2 is 1.90 bits per heavy atom. The number of halogens is 1. The minimum atomic E-state index is -0.565. The molecule has 0 fully saturated rings.